The predicted octanol–water partition coefficient (Wildman–Crippen LogP) is 4.10. The van der Waals surface area contributed by atoms with E-state index in [0.717, 1.165) is 0 Å². The van der Waals surface area contributed by atoms with Gasteiger partial charge in [-0.05, 0) is 48.0 Å². The van der Waals surface area contributed by atoms with Gasteiger partial charge in [-0.3, -0.25) is 0 Å². The maximum Gasteiger partial charge on any atom is 1.00 e. The predicted molar refractivity (Wildman–Crippen MR) is 136 cm³/mol. The first-order valence-electron chi connectivity index (χ1n) is 11.4. The van der Waals surface area contributed by atoms with E-state index >= 15 is 0 Å². The van der Waals surface area contributed by atoms with Gasteiger partial charge in [-0.15, -0.1) is 0 Å². The molecular formula is C31H21NaO5. The minimum absolute atomic E-state index is 0. The molecule has 0 amide bonds. The van der Waals surface area contributed by atoms with Gasteiger partial charge in [0.05, 0.1) is 5.97 Å². The molecule has 0 aliphatic heterocycles. The van der Waals surface area contributed by atoms with E-state index in [-0.39, 0.29) is 52.4 Å². The van der Waals surface area contributed by atoms with E-state index in [2.05, 4.69) is 0 Å². The summed E-state index contributed by atoms with van der Waals surface area (Å²) >= 11 is 0. The number of rotatable bonds is 8. The van der Waals surface area contributed by atoms with E-state index in [0.29, 0.717) is 28.4 Å². The quantitative estimate of drug-likeness (QED) is 0.303. The second-order valence-corrected chi connectivity index (χ2v) is 7.85. The molecular weight excluding hydrogens is 475 g/mol. The Morgan fingerprint density at radius 2 is 0.946 bits per heavy atom. The zero-order valence-corrected chi connectivity index (χ0v) is 22.2. The fourth-order valence-electron chi connectivity index (χ4n) is 3.77. The van der Waals surface area contributed by atoms with Crippen molar-refractivity contribution in [3.8, 4) is 45.6 Å². The molecule has 37 heavy (non-hydrogen) atoms. The number of hydrogen-bond donors (Lipinski definition) is 0. The second-order valence-electron chi connectivity index (χ2n) is 7.85. The van der Waals surface area contributed by atoms with Gasteiger partial charge in [-0.25, -0.2) is 0 Å². The largest absolute Gasteiger partial charge is 1.00 e. The van der Waals surface area contributed by atoms with Gasteiger partial charge in [0.1, 0.15) is 17.2 Å². The average molecular weight is 496 g/mol. The van der Waals surface area contributed by atoms with Crippen molar-refractivity contribution in [1.82, 2.24) is 0 Å². The molecule has 176 valence electrons. The number of carbonyl (C=O) groups is 1. The molecule has 0 heterocycles. The first kappa shape index (κ1) is 26.0. The van der Waals surface area contributed by atoms with Gasteiger partial charge in [-0.1, -0.05) is 84.9 Å². The number of para-hydroxylation sites is 3. The molecule has 5 aromatic carbocycles. The Labute approximate surface area is 237 Å². The molecule has 5 rings (SSSR count). The van der Waals surface area contributed by atoms with Crippen LogP contribution in [0.4, 0.5) is 0 Å². The fourth-order valence-corrected chi connectivity index (χ4v) is 3.77. The molecule has 5 aromatic rings. The van der Waals surface area contributed by atoms with Crippen LogP contribution in [-0.4, -0.2) is 5.97 Å². The van der Waals surface area contributed by atoms with Gasteiger partial charge in [0.15, 0.2) is 11.5 Å². The Morgan fingerprint density at radius 1 is 0.541 bits per heavy atom. The molecule has 0 spiro atoms. The van der Waals surface area contributed by atoms with Crippen molar-refractivity contribution in [2.75, 3.05) is 0 Å². The molecule has 0 atom stereocenters. The summed E-state index contributed by atoms with van der Waals surface area (Å²) in [5.41, 5.74) is 0.871. The molecule has 6 heteroatoms. The van der Waals surface area contributed by atoms with Crippen LogP contribution in [0.3, 0.4) is 0 Å². The molecule has 0 aliphatic carbocycles. The maximum atomic E-state index is 12.4. The number of aromatic carboxylic acids is 1. The van der Waals surface area contributed by atoms with Gasteiger partial charge in [0.25, 0.3) is 0 Å². The van der Waals surface area contributed by atoms with Gasteiger partial charge < -0.3 is 24.1 Å². The minimum atomic E-state index is -1.36. The number of hydrogen-bond acceptors (Lipinski definition) is 5. The van der Waals surface area contributed by atoms with Crippen molar-refractivity contribution in [1.29, 1.82) is 0 Å². The summed E-state index contributed by atoms with van der Waals surface area (Å²) in [5, 5.41) is 12.4. The van der Waals surface area contributed by atoms with E-state index in [4.69, 9.17) is 14.2 Å². The SMILES string of the molecule is O=C([O-])c1cc(Oc2ccccc2)c(Oc2ccccc2)c(Oc2ccccc2)c1-c1ccccc1.[Na+]. The molecule has 0 radical (unpaired) electrons. The Morgan fingerprint density at radius 3 is 1.41 bits per heavy atom. The number of benzene rings is 5. The molecule has 0 saturated heterocycles. The summed E-state index contributed by atoms with van der Waals surface area (Å²) in [7, 11) is 0. The standard InChI is InChI=1S/C31H22O5.Na/c32-31(33)26-21-27(34-23-15-7-2-8-16-23)29(35-24-17-9-3-10-18-24)30(36-25-19-11-4-12-20-25)28(26)22-13-5-1-6-14-22;/h1-21H,(H,32,33);/q;+1/p-1. The summed E-state index contributed by atoms with van der Waals surface area (Å²) in [5.74, 6) is 0.799. The Hall–Kier alpha value is -4.03. The molecule has 5 nitrogen and oxygen atoms in total. The van der Waals surface area contributed by atoms with Crippen LogP contribution < -0.4 is 48.9 Å². The topological polar surface area (TPSA) is 67.8 Å². The van der Waals surface area contributed by atoms with Crippen LogP contribution in [-0.2, 0) is 0 Å². The smallest absolute Gasteiger partial charge is 0.545 e. The normalized spacial score (nSPS) is 10.2. The molecule has 0 aromatic heterocycles. The Bertz CT molecular complexity index is 1460. The van der Waals surface area contributed by atoms with Crippen LogP contribution in [0.1, 0.15) is 10.4 Å². The Balaban J connectivity index is 0.00000320. The molecule has 0 bridgehead atoms. The van der Waals surface area contributed by atoms with Crippen LogP contribution in [0.15, 0.2) is 127 Å². The van der Waals surface area contributed by atoms with Crippen LogP contribution >= 0.6 is 0 Å². The van der Waals surface area contributed by atoms with Gasteiger partial charge in [0.2, 0.25) is 5.75 Å². The van der Waals surface area contributed by atoms with Crippen molar-refractivity contribution >= 4 is 5.97 Å². The van der Waals surface area contributed by atoms with E-state index in [1.54, 1.807) is 36.4 Å². The van der Waals surface area contributed by atoms with Crippen molar-refractivity contribution in [2.45, 2.75) is 0 Å². The Kier molecular flexibility index (Phi) is 8.64. The van der Waals surface area contributed by atoms with Crippen LogP contribution in [0.2, 0.25) is 0 Å². The summed E-state index contributed by atoms with van der Waals surface area (Å²) < 4.78 is 18.8. The first-order chi connectivity index (χ1) is 17.7. The van der Waals surface area contributed by atoms with Crippen molar-refractivity contribution in [3.63, 3.8) is 0 Å². The third kappa shape index (κ3) is 6.22. The monoisotopic (exact) mass is 496 g/mol. The fraction of sp³-hybridized carbons (Fsp3) is 0. The number of carbonyl (C=O) groups excluding carboxylic acids is 1. The zero-order chi connectivity index (χ0) is 24.7. The summed E-state index contributed by atoms with van der Waals surface area (Å²) in [6.45, 7) is 0. The molecule has 0 aliphatic rings. The summed E-state index contributed by atoms with van der Waals surface area (Å²) in [6.07, 6.45) is 0. The van der Waals surface area contributed by atoms with Crippen LogP contribution in [0, 0.1) is 0 Å². The summed E-state index contributed by atoms with van der Waals surface area (Å²) in [6, 6.07) is 37.9. The van der Waals surface area contributed by atoms with Crippen LogP contribution in [0.25, 0.3) is 11.1 Å². The van der Waals surface area contributed by atoms with E-state index in [9.17, 15) is 9.90 Å². The molecule has 0 N–H and O–H groups in total. The third-order valence-corrected chi connectivity index (χ3v) is 5.38. The van der Waals surface area contributed by atoms with Crippen LogP contribution in [0.5, 0.6) is 34.5 Å². The third-order valence-electron chi connectivity index (χ3n) is 5.38. The van der Waals surface area contributed by atoms with Crippen molar-refractivity contribution < 1.29 is 53.7 Å². The maximum absolute atomic E-state index is 12.4. The number of carboxylic acids is 1. The second kappa shape index (κ2) is 12.3. The molecule has 0 saturated carbocycles. The van der Waals surface area contributed by atoms with E-state index in [1.807, 2.05) is 84.9 Å². The summed E-state index contributed by atoms with van der Waals surface area (Å²) in [4.78, 5) is 12.4. The number of carboxylic acid groups (broad SMARTS) is 1. The van der Waals surface area contributed by atoms with Crippen molar-refractivity contribution in [2.24, 2.45) is 0 Å². The number of ether oxygens (including phenoxy) is 3. The minimum Gasteiger partial charge on any atom is -0.545 e. The zero-order valence-electron chi connectivity index (χ0n) is 20.2. The van der Waals surface area contributed by atoms with Gasteiger partial charge in [0, 0.05) is 11.1 Å². The van der Waals surface area contributed by atoms with Gasteiger partial charge >= 0.3 is 29.6 Å². The van der Waals surface area contributed by atoms with Gasteiger partial charge in [-0.2, -0.15) is 0 Å². The first-order valence-corrected chi connectivity index (χ1v) is 11.4. The molecule has 0 fully saturated rings. The van der Waals surface area contributed by atoms with Crippen molar-refractivity contribution in [3.05, 3.63) is 133 Å². The van der Waals surface area contributed by atoms with E-state index < -0.39 is 5.97 Å². The molecule has 0 unspecified atom stereocenters. The average Bonchev–Trinajstić information content (AvgIpc) is 2.92. The van der Waals surface area contributed by atoms with E-state index in [1.165, 1.54) is 6.07 Å².